The summed E-state index contributed by atoms with van der Waals surface area (Å²) in [5.41, 5.74) is 8.92. The minimum Gasteiger partial charge on any atom is -0.324 e. The molecule has 0 radical (unpaired) electrons. The van der Waals surface area contributed by atoms with Gasteiger partial charge in [0, 0.05) is 6.04 Å². The van der Waals surface area contributed by atoms with Crippen LogP contribution in [0.25, 0.3) is 0 Å². The van der Waals surface area contributed by atoms with Gasteiger partial charge in [-0.3, -0.25) is 0 Å². The van der Waals surface area contributed by atoms with Crippen LogP contribution in [-0.4, -0.2) is 0 Å². The first-order valence-corrected chi connectivity index (χ1v) is 7.12. The lowest BCUT2D eigenvalue weighted by atomic mass is 9.99. The molecular formula is C16H27N. The summed E-state index contributed by atoms with van der Waals surface area (Å²) >= 11 is 0. The van der Waals surface area contributed by atoms with E-state index < -0.39 is 0 Å². The summed E-state index contributed by atoms with van der Waals surface area (Å²) in [6.07, 6.45) is 8.66. The van der Waals surface area contributed by atoms with E-state index in [1.165, 1.54) is 49.7 Å². The molecule has 0 spiro atoms. The van der Waals surface area contributed by atoms with Crippen LogP contribution in [0.15, 0.2) is 24.3 Å². The standard InChI is InChI=1S/C16H27N/c1-3-5-7-9-16(17)15-12-10-14(11-13-15)8-6-4-2/h10-13,16H,3-9,17H2,1-2H3. The fraction of sp³-hybridized carbons (Fsp3) is 0.625. The van der Waals surface area contributed by atoms with E-state index in [0.717, 1.165) is 6.42 Å². The Bertz CT molecular complexity index is 289. The summed E-state index contributed by atoms with van der Waals surface area (Å²) in [5.74, 6) is 0. The third kappa shape index (κ3) is 5.36. The molecule has 0 heterocycles. The maximum atomic E-state index is 6.19. The van der Waals surface area contributed by atoms with Crippen LogP contribution < -0.4 is 5.73 Å². The van der Waals surface area contributed by atoms with Gasteiger partial charge in [0.25, 0.3) is 0 Å². The molecule has 17 heavy (non-hydrogen) atoms. The van der Waals surface area contributed by atoms with Gasteiger partial charge in [0.15, 0.2) is 0 Å². The lowest BCUT2D eigenvalue weighted by Crippen LogP contribution is -2.10. The SMILES string of the molecule is CCCCCC(N)c1ccc(CCCC)cc1. The normalized spacial score (nSPS) is 12.6. The van der Waals surface area contributed by atoms with Crippen LogP contribution in [0.5, 0.6) is 0 Å². The Labute approximate surface area is 106 Å². The summed E-state index contributed by atoms with van der Waals surface area (Å²) in [6, 6.07) is 9.13. The number of unbranched alkanes of at least 4 members (excludes halogenated alkanes) is 3. The highest BCUT2D eigenvalue weighted by molar-refractivity contribution is 5.24. The second-order valence-electron chi connectivity index (χ2n) is 4.95. The molecule has 96 valence electrons. The van der Waals surface area contributed by atoms with Gasteiger partial charge in [0.1, 0.15) is 0 Å². The van der Waals surface area contributed by atoms with E-state index in [9.17, 15) is 0 Å². The maximum absolute atomic E-state index is 6.19. The highest BCUT2D eigenvalue weighted by atomic mass is 14.6. The number of nitrogens with two attached hydrogens (primary N) is 1. The lowest BCUT2D eigenvalue weighted by molar-refractivity contribution is 0.581. The molecule has 1 atom stereocenters. The summed E-state index contributed by atoms with van der Waals surface area (Å²) in [7, 11) is 0. The Kier molecular flexibility index (Phi) is 6.95. The molecule has 0 aliphatic rings. The summed E-state index contributed by atoms with van der Waals surface area (Å²) in [4.78, 5) is 0. The predicted octanol–water partition coefficient (Wildman–Crippen LogP) is 4.61. The monoisotopic (exact) mass is 233 g/mol. The van der Waals surface area contributed by atoms with Gasteiger partial charge in [0.2, 0.25) is 0 Å². The van der Waals surface area contributed by atoms with Crippen LogP contribution in [0.3, 0.4) is 0 Å². The van der Waals surface area contributed by atoms with Gasteiger partial charge in [-0.05, 0) is 30.4 Å². The number of benzene rings is 1. The van der Waals surface area contributed by atoms with Crippen molar-refractivity contribution in [1.29, 1.82) is 0 Å². The molecule has 0 saturated carbocycles. The molecule has 1 heteroatoms. The van der Waals surface area contributed by atoms with E-state index in [1.807, 2.05) is 0 Å². The fourth-order valence-corrected chi connectivity index (χ4v) is 2.09. The Balaban J connectivity index is 2.43. The molecule has 1 aromatic rings. The first kappa shape index (κ1) is 14.2. The van der Waals surface area contributed by atoms with Crippen LogP contribution in [0.1, 0.15) is 69.5 Å². The summed E-state index contributed by atoms with van der Waals surface area (Å²) < 4.78 is 0. The van der Waals surface area contributed by atoms with E-state index in [2.05, 4.69) is 38.1 Å². The van der Waals surface area contributed by atoms with E-state index in [0.29, 0.717) is 0 Å². The van der Waals surface area contributed by atoms with E-state index in [1.54, 1.807) is 0 Å². The molecule has 0 aliphatic heterocycles. The van der Waals surface area contributed by atoms with Crippen molar-refractivity contribution in [2.75, 3.05) is 0 Å². The predicted molar refractivity (Wildman–Crippen MR) is 76.1 cm³/mol. The van der Waals surface area contributed by atoms with Crippen LogP contribution in [0, 0.1) is 0 Å². The highest BCUT2D eigenvalue weighted by Gasteiger charge is 2.05. The molecule has 1 nitrogen and oxygen atoms in total. The van der Waals surface area contributed by atoms with Crippen LogP contribution in [0.2, 0.25) is 0 Å². The molecule has 2 N–H and O–H groups in total. The van der Waals surface area contributed by atoms with Gasteiger partial charge < -0.3 is 5.73 Å². The Morgan fingerprint density at radius 3 is 2.18 bits per heavy atom. The van der Waals surface area contributed by atoms with Gasteiger partial charge in [0.05, 0.1) is 0 Å². The van der Waals surface area contributed by atoms with E-state index in [4.69, 9.17) is 5.73 Å². The van der Waals surface area contributed by atoms with Crippen LogP contribution in [-0.2, 0) is 6.42 Å². The van der Waals surface area contributed by atoms with Crippen molar-refractivity contribution >= 4 is 0 Å². The Morgan fingerprint density at radius 1 is 0.941 bits per heavy atom. The second-order valence-corrected chi connectivity index (χ2v) is 4.95. The van der Waals surface area contributed by atoms with Gasteiger partial charge in [-0.1, -0.05) is 63.8 Å². The average molecular weight is 233 g/mol. The topological polar surface area (TPSA) is 26.0 Å². The number of hydrogen-bond acceptors (Lipinski definition) is 1. The van der Waals surface area contributed by atoms with Crippen molar-refractivity contribution in [3.8, 4) is 0 Å². The molecule has 1 rings (SSSR count). The Hall–Kier alpha value is -0.820. The molecule has 0 amide bonds. The van der Waals surface area contributed by atoms with E-state index in [-0.39, 0.29) is 6.04 Å². The smallest absolute Gasteiger partial charge is 0.0294 e. The van der Waals surface area contributed by atoms with Crippen molar-refractivity contribution < 1.29 is 0 Å². The molecule has 0 bridgehead atoms. The van der Waals surface area contributed by atoms with Crippen LogP contribution in [0.4, 0.5) is 0 Å². The molecule has 0 aliphatic carbocycles. The number of hydrogen-bond donors (Lipinski definition) is 1. The number of aryl methyl sites for hydroxylation is 1. The van der Waals surface area contributed by atoms with Gasteiger partial charge in [-0.25, -0.2) is 0 Å². The molecule has 0 saturated heterocycles. The third-order valence-corrected chi connectivity index (χ3v) is 3.35. The molecule has 1 aromatic carbocycles. The molecule has 0 fully saturated rings. The minimum absolute atomic E-state index is 0.224. The number of rotatable bonds is 8. The van der Waals surface area contributed by atoms with Gasteiger partial charge >= 0.3 is 0 Å². The highest BCUT2D eigenvalue weighted by Crippen LogP contribution is 2.18. The van der Waals surface area contributed by atoms with Gasteiger partial charge in [-0.2, -0.15) is 0 Å². The zero-order valence-electron chi connectivity index (χ0n) is 11.4. The van der Waals surface area contributed by atoms with Crippen molar-refractivity contribution in [1.82, 2.24) is 0 Å². The van der Waals surface area contributed by atoms with Crippen molar-refractivity contribution in [3.05, 3.63) is 35.4 Å². The molecule has 1 unspecified atom stereocenters. The van der Waals surface area contributed by atoms with E-state index >= 15 is 0 Å². The average Bonchev–Trinajstić information content (AvgIpc) is 2.37. The largest absolute Gasteiger partial charge is 0.324 e. The quantitative estimate of drug-likeness (QED) is 0.652. The molecular weight excluding hydrogens is 206 g/mol. The summed E-state index contributed by atoms with van der Waals surface area (Å²) in [6.45, 7) is 4.46. The van der Waals surface area contributed by atoms with Crippen molar-refractivity contribution in [2.45, 2.75) is 64.8 Å². The maximum Gasteiger partial charge on any atom is 0.0294 e. The fourth-order valence-electron chi connectivity index (χ4n) is 2.09. The second kappa shape index (κ2) is 8.30. The summed E-state index contributed by atoms with van der Waals surface area (Å²) in [5, 5.41) is 0. The lowest BCUT2D eigenvalue weighted by Gasteiger charge is -2.12. The Morgan fingerprint density at radius 2 is 1.59 bits per heavy atom. The first-order valence-electron chi connectivity index (χ1n) is 7.12. The third-order valence-electron chi connectivity index (χ3n) is 3.35. The molecule has 0 aromatic heterocycles. The van der Waals surface area contributed by atoms with Crippen molar-refractivity contribution in [2.24, 2.45) is 5.73 Å². The first-order chi connectivity index (χ1) is 8.27. The zero-order valence-corrected chi connectivity index (χ0v) is 11.4. The minimum atomic E-state index is 0.224. The van der Waals surface area contributed by atoms with Gasteiger partial charge in [-0.15, -0.1) is 0 Å². The zero-order chi connectivity index (χ0) is 12.5. The van der Waals surface area contributed by atoms with Crippen molar-refractivity contribution in [3.63, 3.8) is 0 Å². The van der Waals surface area contributed by atoms with Crippen LogP contribution >= 0.6 is 0 Å².